The molecule has 0 aliphatic carbocycles. The van der Waals surface area contributed by atoms with Crippen molar-refractivity contribution in [3.63, 3.8) is 0 Å². The third-order valence-corrected chi connectivity index (χ3v) is 9.66. The maximum Gasteiger partial charge on any atom is 0.500 e. The van der Waals surface area contributed by atoms with Gasteiger partial charge in [0.05, 0.1) is 6.04 Å². The maximum absolute atomic E-state index is 5.65. The molecule has 0 saturated carbocycles. The minimum Gasteiger partial charge on any atom is -0.377 e. The smallest absolute Gasteiger partial charge is 0.377 e. The molecule has 0 spiro atoms. The van der Waals surface area contributed by atoms with Crippen LogP contribution in [0.1, 0.15) is 29.2 Å². The summed E-state index contributed by atoms with van der Waals surface area (Å²) in [6.45, 7) is 8.74. The summed E-state index contributed by atoms with van der Waals surface area (Å²) < 4.78 is 17.0. The van der Waals surface area contributed by atoms with Gasteiger partial charge in [0.2, 0.25) is 0 Å². The molecule has 1 unspecified atom stereocenters. The molecule has 0 bridgehead atoms. The first kappa shape index (κ1) is 29.0. The van der Waals surface area contributed by atoms with E-state index in [9.17, 15) is 0 Å². The lowest BCUT2D eigenvalue weighted by Gasteiger charge is -2.33. The van der Waals surface area contributed by atoms with Gasteiger partial charge in [-0.3, -0.25) is 9.80 Å². The van der Waals surface area contributed by atoms with Crippen molar-refractivity contribution in [2.24, 2.45) is 0 Å². The highest BCUT2D eigenvalue weighted by molar-refractivity contribution is 6.60. The molecule has 0 amide bonds. The fourth-order valence-electron chi connectivity index (χ4n) is 4.74. The Kier molecular flexibility index (Phi) is 12.2. The zero-order valence-corrected chi connectivity index (χ0v) is 23.6. The largest absolute Gasteiger partial charge is 0.500 e. The fourth-order valence-corrected chi connectivity index (χ4v) is 6.44. The Hall–Kier alpha value is -2.58. The lowest BCUT2D eigenvalue weighted by molar-refractivity contribution is 0.120. The van der Waals surface area contributed by atoms with E-state index >= 15 is 0 Å². The van der Waals surface area contributed by atoms with Crippen LogP contribution in [0.15, 0.2) is 104 Å². The highest BCUT2D eigenvalue weighted by Crippen LogP contribution is 2.24. The molecule has 198 valence electrons. The van der Waals surface area contributed by atoms with Crippen LogP contribution in [0, 0.1) is 0 Å². The molecule has 1 atom stereocenters. The second kappa shape index (κ2) is 15.6. The third kappa shape index (κ3) is 9.04. The van der Waals surface area contributed by atoms with Gasteiger partial charge in [-0.25, -0.2) is 0 Å². The fraction of sp³-hybridized carbons (Fsp3) is 0.355. The summed E-state index contributed by atoms with van der Waals surface area (Å²) in [7, 11) is 2.46. The Morgan fingerprint density at radius 1 is 0.703 bits per heavy atom. The van der Waals surface area contributed by atoms with E-state index in [-0.39, 0.29) is 6.04 Å². The Morgan fingerprint density at radius 3 is 1.73 bits per heavy atom. The summed E-state index contributed by atoms with van der Waals surface area (Å²) in [4.78, 5) is 5.05. The minimum atomic E-state index is -2.59. The monoisotopic (exact) mass is 518 g/mol. The molecule has 37 heavy (non-hydrogen) atoms. The molecular formula is C31H42N2O3Si. The van der Waals surface area contributed by atoms with Crippen LogP contribution in [0.4, 0.5) is 0 Å². The molecule has 0 N–H and O–H groups in total. The van der Waals surface area contributed by atoms with Gasteiger partial charge in [-0.05, 0) is 29.7 Å². The SMILES string of the molecule is C=CC(c1ccccc1)N(CCN(CCC[Si](OC)(OC)OC)Cc1ccccc1)Cc1ccccc1. The van der Waals surface area contributed by atoms with Gasteiger partial charge in [0.1, 0.15) is 0 Å². The van der Waals surface area contributed by atoms with Crippen LogP contribution in [0.2, 0.25) is 6.04 Å². The summed E-state index contributed by atoms with van der Waals surface area (Å²) in [6, 6.07) is 32.9. The number of rotatable bonds is 17. The molecule has 5 nitrogen and oxygen atoms in total. The molecule has 6 heteroatoms. The highest BCUT2D eigenvalue weighted by Gasteiger charge is 2.37. The summed E-state index contributed by atoms with van der Waals surface area (Å²) in [5.41, 5.74) is 3.88. The number of benzene rings is 3. The van der Waals surface area contributed by atoms with E-state index < -0.39 is 8.80 Å². The standard InChI is InChI=1S/C31H42N2O3Si/c1-5-31(30-20-13-8-14-21-30)33(27-29-18-11-7-12-19-29)24-23-32(26-28-16-9-6-10-17-28)22-15-25-37(34-2,35-3)36-4/h5-14,16-21,31H,1,15,22-27H2,2-4H3. The molecule has 0 fully saturated rings. The summed E-state index contributed by atoms with van der Waals surface area (Å²) >= 11 is 0. The van der Waals surface area contributed by atoms with Crippen molar-refractivity contribution in [2.75, 3.05) is 41.0 Å². The lowest BCUT2D eigenvalue weighted by atomic mass is 10.0. The highest BCUT2D eigenvalue weighted by atomic mass is 28.4. The van der Waals surface area contributed by atoms with Crippen molar-refractivity contribution in [1.29, 1.82) is 0 Å². The average molecular weight is 519 g/mol. The van der Waals surface area contributed by atoms with Crippen molar-refractivity contribution in [2.45, 2.75) is 31.6 Å². The van der Waals surface area contributed by atoms with Crippen LogP contribution < -0.4 is 0 Å². The van der Waals surface area contributed by atoms with E-state index in [1.165, 1.54) is 16.7 Å². The first-order chi connectivity index (χ1) is 18.1. The Balaban J connectivity index is 1.76. The van der Waals surface area contributed by atoms with Gasteiger partial charge >= 0.3 is 8.80 Å². The van der Waals surface area contributed by atoms with E-state index in [0.29, 0.717) is 0 Å². The molecule has 3 aromatic carbocycles. The van der Waals surface area contributed by atoms with Crippen LogP contribution in [0.25, 0.3) is 0 Å². The molecule has 0 aliphatic rings. The molecular weight excluding hydrogens is 476 g/mol. The summed E-state index contributed by atoms with van der Waals surface area (Å²) in [5, 5.41) is 0. The molecule has 0 aliphatic heterocycles. The molecule has 0 saturated heterocycles. The third-order valence-electron chi connectivity index (χ3n) is 6.83. The second-order valence-corrected chi connectivity index (χ2v) is 12.3. The van der Waals surface area contributed by atoms with E-state index in [2.05, 4.69) is 113 Å². The lowest BCUT2D eigenvalue weighted by Crippen LogP contribution is -2.43. The van der Waals surface area contributed by atoms with Gasteiger partial charge in [-0.1, -0.05) is 97.1 Å². The second-order valence-electron chi connectivity index (χ2n) is 9.21. The van der Waals surface area contributed by atoms with Crippen LogP contribution in [0.3, 0.4) is 0 Å². The number of hydrogen-bond acceptors (Lipinski definition) is 5. The van der Waals surface area contributed by atoms with Crippen LogP contribution in [0.5, 0.6) is 0 Å². The van der Waals surface area contributed by atoms with Crippen LogP contribution >= 0.6 is 0 Å². The van der Waals surface area contributed by atoms with E-state index in [4.69, 9.17) is 13.3 Å². The zero-order chi connectivity index (χ0) is 26.3. The van der Waals surface area contributed by atoms with Crippen molar-refractivity contribution >= 4 is 8.80 Å². The zero-order valence-electron chi connectivity index (χ0n) is 22.6. The minimum absolute atomic E-state index is 0.135. The van der Waals surface area contributed by atoms with E-state index in [1.807, 2.05) is 0 Å². The first-order valence-electron chi connectivity index (χ1n) is 13.0. The topological polar surface area (TPSA) is 34.2 Å². The van der Waals surface area contributed by atoms with Crippen LogP contribution in [-0.2, 0) is 26.4 Å². The summed E-state index contributed by atoms with van der Waals surface area (Å²) in [5.74, 6) is 0. The van der Waals surface area contributed by atoms with Gasteiger partial charge in [-0.15, -0.1) is 6.58 Å². The predicted octanol–water partition coefficient (Wildman–Crippen LogP) is 6.19. The molecule has 3 aromatic rings. The molecule has 0 heterocycles. The molecule has 0 radical (unpaired) electrons. The molecule has 3 rings (SSSR count). The first-order valence-corrected chi connectivity index (χ1v) is 14.9. The Bertz CT molecular complexity index is 1010. The van der Waals surface area contributed by atoms with Gasteiger partial charge in [-0.2, -0.15) is 0 Å². The van der Waals surface area contributed by atoms with Gasteiger partial charge < -0.3 is 13.3 Å². The Labute approximate surface area is 224 Å². The van der Waals surface area contributed by atoms with Crippen molar-refractivity contribution in [3.8, 4) is 0 Å². The van der Waals surface area contributed by atoms with Crippen molar-refractivity contribution < 1.29 is 13.3 Å². The normalized spacial score (nSPS) is 12.7. The van der Waals surface area contributed by atoms with Crippen LogP contribution in [-0.4, -0.2) is 59.6 Å². The van der Waals surface area contributed by atoms with E-state index in [1.54, 1.807) is 21.3 Å². The van der Waals surface area contributed by atoms with Crippen molar-refractivity contribution in [3.05, 3.63) is 120 Å². The van der Waals surface area contributed by atoms with E-state index in [0.717, 1.165) is 45.2 Å². The van der Waals surface area contributed by atoms with Gasteiger partial charge in [0.25, 0.3) is 0 Å². The number of hydrogen-bond donors (Lipinski definition) is 0. The van der Waals surface area contributed by atoms with Crippen molar-refractivity contribution in [1.82, 2.24) is 9.80 Å². The number of nitrogens with zero attached hydrogens (tertiary/aromatic N) is 2. The molecule has 0 aromatic heterocycles. The summed E-state index contributed by atoms with van der Waals surface area (Å²) in [6.07, 6.45) is 3.01. The Morgan fingerprint density at radius 2 is 1.22 bits per heavy atom. The predicted molar refractivity (Wildman–Crippen MR) is 154 cm³/mol. The maximum atomic E-state index is 5.65. The quantitative estimate of drug-likeness (QED) is 0.157. The van der Waals surface area contributed by atoms with Gasteiger partial charge in [0.15, 0.2) is 0 Å². The van der Waals surface area contributed by atoms with Gasteiger partial charge in [0, 0.05) is 53.6 Å². The average Bonchev–Trinajstić information content (AvgIpc) is 2.96.